The van der Waals surface area contributed by atoms with Crippen molar-refractivity contribution in [1.82, 2.24) is 0 Å². The number of phenols is 1. The normalized spacial score (nSPS) is 22.3. The van der Waals surface area contributed by atoms with Gasteiger partial charge < -0.3 is 14.9 Å². The lowest BCUT2D eigenvalue weighted by Gasteiger charge is -2.24. The number of fused-ring (bicyclic) bond motifs is 1. The zero-order chi connectivity index (χ0) is 12.5. The van der Waals surface area contributed by atoms with Gasteiger partial charge in [0.05, 0.1) is 6.10 Å². The molecule has 0 radical (unpaired) electrons. The summed E-state index contributed by atoms with van der Waals surface area (Å²) in [6, 6.07) is 7.08. The van der Waals surface area contributed by atoms with Crippen molar-refractivity contribution >= 4 is 5.57 Å². The van der Waals surface area contributed by atoms with E-state index in [4.69, 9.17) is 4.74 Å². The maximum atomic E-state index is 9.51. The first kappa shape index (κ1) is 11.1. The van der Waals surface area contributed by atoms with Crippen LogP contribution in [0.15, 0.2) is 53.8 Å². The van der Waals surface area contributed by atoms with E-state index in [0.29, 0.717) is 13.0 Å². The minimum atomic E-state index is -0.438. The highest BCUT2D eigenvalue weighted by atomic mass is 16.5. The molecule has 18 heavy (non-hydrogen) atoms. The third kappa shape index (κ3) is 2.05. The number of allylic oxidation sites excluding steroid dienone is 1. The molecule has 3 rings (SSSR count). The van der Waals surface area contributed by atoms with Crippen molar-refractivity contribution in [3.05, 3.63) is 59.4 Å². The number of hydrogen-bond acceptors (Lipinski definition) is 3. The first-order chi connectivity index (χ1) is 8.72. The molecule has 0 bridgehead atoms. The molecule has 2 aliphatic rings. The number of aliphatic hydroxyl groups is 1. The number of phenolic OH excluding ortho intramolecular Hbond substituents is 1. The van der Waals surface area contributed by atoms with Crippen LogP contribution in [0, 0.1) is 0 Å². The SMILES string of the molecule is Oc1ccc(C2=CC3=CCC(O)C=C3OC2)cc1. The predicted octanol–water partition coefficient (Wildman–Crippen LogP) is 2.38. The molecular formula is C15H14O3. The van der Waals surface area contributed by atoms with Crippen molar-refractivity contribution in [2.75, 3.05) is 6.61 Å². The minimum Gasteiger partial charge on any atom is -0.508 e. The van der Waals surface area contributed by atoms with Gasteiger partial charge in [-0.1, -0.05) is 18.2 Å². The molecule has 2 N–H and O–H groups in total. The van der Waals surface area contributed by atoms with E-state index >= 15 is 0 Å². The van der Waals surface area contributed by atoms with Crippen molar-refractivity contribution in [3.8, 4) is 5.75 Å². The molecule has 92 valence electrons. The number of aliphatic hydroxyl groups excluding tert-OH is 1. The molecular weight excluding hydrogens is 228 g/mol. The Balaban J connectivity index is 1.92. The summed E-state index contributed by atoms with van der Waals surface area (Å²) in [7, 11) is 0. The Morgan fingerprint density at radius 2 is 1.94 bits per heavy atom. The van der Waals surface area contributed by atoms with Crippen LogP contribution in [-0.4, -0.2) is 22.9 Å². The summed E-state index contributed by atoms with van der Waals surface area (Å²) in [4.78, 5) is 0. The van der Waals surface area contributed by atoms with Crippen molar-refractivity contribution in [2.45, 2.75) is 12.5 Å². The van der Waals surface area contributed by atoms with E-state index in [0.717, 1.165) is 22.5 Å². The number of rotatable bonds is 1. The van der Waals surface area contributed by atoms with Gasteiger partial charge in [0.1, 0.15) is 18.1 Å². The zero-order valence-electron chi connectivity index (χ0n) is 9.84. The second kappa shape index (κ2) is 4.35. The Morgan fingerprint density at radius 3 is 2.72 bits per heavy atom. The molecule has 0 fully saturated rings. The van der Waals surface area contributed by atoms with E-state index in [1.165, 1.54) is 0 Å². The van der Waals surface area contributed by atoms with Gasteiger partial charge in [-0.3, -0.25) is 0 Å². The van der Waals surface area contributed by atoms with Crippen LogP contribution in [0.5, 0.6) is 5.75 Å². The standard InChI is InChI=1S/C15H14O3/c16-13-4-1-10(2-5-13)12-7-11-3-6-14(17)8-15(11)18-9-12/h1-5,7-8,14,16-17H,6,9H2. The summed E-state index contributed by atoms with van der Waals surface area (Å²) < 4.78 is 5.65. The van der Waals surface area contributed by atoms with Crippen molar-refractivity contribution in [2.24, 2.45) is 0 Å². The van der Waals surface area contributed by atoms with E-state index < -0.39 is 6.10 Å². The van der Waals surface area contributed by atoms with Gasteiger partial charge in [0.15, 0.2) is 0 Å². The predicted molar refractivity (Wildman–Crippen MR) is 68.8 cm³/mol. The number of ether oxygens (including phenoxy) is 1. The van der Waals surface area contributed by atoms with Gasteiger partial charge in [-0.05, 0) is 41.8 Å². The third-order valence-electron chi connectivity index (χ3n) is 3.16. The van der Waals surface area contributed by atoms with Gasteiger partial charge >= 0.3 is 0 Å². The fourth-order valence-corrected chi connectivity index (χ4v) is 2.18. The van der Waals surface area contributed by atoms with E-state index in [1.54, 1.807) is 18.2 Å². The molecule has 0 amide bonds. The van der Waals surface area contributed by atoms with Gasteiger partial charge in [-0.2, -0.15) is 0 Å². The molecule has 0 saturated heterocycles. The largest absolute Gasteiger partial charge is 0.508 e. The lowest BCUT2D eigenvalue weighted by molar-refractivity contribution is 0.201. The molecule has 1 aliphatic carbocycles. The average Bonchev–Trinajstić information content (AvgIpc) is 2.39. The Kier molecular flexibility index (Phi) is 2.68. The molecule has 0 aromatic heterocycles. The quantitative estimate of drug-likeness (QED) is 0.795. The maximum absolute atomic E-state index is 9.51. The molecule has 1 aliphatic heterocycles. The molecule has 3 nitrogen and oxygen atoms in total. The smallest absolute Gasteiger partial charge is 0.125 e. The fourth-order valence-electron chi connectivity index (χ4n) is 2.18. The highest BCUT2D eigenvalue weighted by molar-refractivity contribution is 5.72. The van der Waals surface area contributed by atoms with Gasteiger partial charge in [0.25, 0.3) is 0 Å². The van der Waals surface area contributed by atoms with Crippen molar-refractivity contribution in [1.29, 1.82) is 0 Å². The Hall–Kier alpha value is -2.00. The van der Waals surface area contributed by atoms with Crippen LogP contribution >= 0.6 is 0 Å². The van der Waals surface area contributed by atoms with Crippen molar-refractivity contribution < 1.29 is 14.9 Å². The van der Waals surface area contributed by atoms with E-state index in [1.807, 2.05) is 18.2 Å². The first-order valence-electron chi connectivity index (χ1n) is 5.95. The van der Waals surface area contributed by atoms with Gasteiger partial charge in [0.2, 0.25) is 0 Å². The topological polar surface area (TPSA) is 49.7 Å². The second-order valence-corrected chi connectivity index (χ2v) is 4.50. The molecule has 1 atom stereocenters. The van der Waals surface area contributed by atoms with Gasteiger partial charge in [-0.25, -0.2) is 0 Å². The van der Waals surface area contributed by atoms with Gasteiger partial charge in [-0.15, -0.1) is 0 Å². The summed E-state index contributed by atoms with van der Waals surface area (Å²) in [5.41, 5.74) is 3.14. The zero-order valence-corrected chi connectivity index (χ0v) is 9.84. The number of hydrogen-bond donors (Lipinski definition) is 2. The Labute approximate surface area is 105 Å². The molecule has 1 heterocycles. The number of benzene rings is 1. The molecule has 3 heteroatoms. The summed E-state index contributed by atoms with van der Waals surface area (Å²) in [5, 5.41) is 18.8. The second-order valence-electron chi connectivity index (χ2n) is 4.50. The van der Waals surface area contributed by atoms with Gasteiger partial charge in [0, 0.05) is 5.57 Å². The summed E-state index contributed by atoms with van der Waals surface area (Å²) >= 11 is 0. The van der Waals surface area contributed by atoms with Crippen LogP contribution in [0.3, 0.4) is 0 Å². The average molecular weight is 242 g/mol. The first-order valence-corrected chi connectivity index (χ1v) is 5.95. The van der Waals surface area contributed by atoms with Crippen LogP contribution in [0.2, 0.25) is 0 Å². The summed E-state index contributed by atoms with van der Waals surface area (Å²) in [6.07, 6.45) is 6.00. The van der Waals surface area contributed by atoms with Crippen molar-refractivity contribution in [3.63, 3.8) is 0 Å². The van der Waals surface area contributed by atoms with Crippen LogP contribution in [0.1, 0.15) is 12.0 Å². The molecule has 1 unspecified atom stereocenters. The molecule has 0 spiro atoms. The fraction of sp³-hybridized carbons (Fsp3) is 0.200. The molecule has 1 aromatic carbocycles. The summed E-state index contributed by atoms with van der Waals surface area (Å²) in [6.45, 7) is 0.487. The van der Waals surface area contributed by atoms with Crippen LogP contribution in [0.4, 0.5) is 0 Å². The van der Waals surface area contributed by atoms with E-state index in [-0.39, 0.29) is 5.75 Å². The van der Waals surface area contributed by atoms with Crippen LogP contribution in [-0.2, 0) is 4.74 Å². The van der Waals surface area contributed by atoms with Crippen LogP contribution in [0.25, 0.3) is 5.57 Å². The minimum absolute atomic E-state index is 0.261. The summed E-state index contributed by atoms with van der Waals surface area (Å²) in [5.74, 6) is 1.02. The molecule has 1 aromatic rings. The lowest BCUT2D eigenvalue weighted by atomic mass is 9.96. The van der Waals surface area contributed by atoms with E-state index in [2.05, 4.69) is 6.08 Å². The Morgan fingerprint density at radius 1 is 1.17 bits per heavy atom. The molecule has 0 saturated carbocycles. The maximum Gasteiger partial charge on any atom is 0.125 e. The number of aromatic hydroxyl groups is 1. The lowest BCUT2D eigenvalue weighted by Crippen LogP contribution is -2.14. The monoisotopic (exact) mass is 242 g/mol. The van der Waals surface area contributed by atoms with E-state index in [9.17, 15) is 10.2 Å². The highest BCUT2D eigenvalue weighted by Gasteiger charge is 2.19. The highest BCUT2D eigenvalue weighted by Crippen LogP contribution is 2.31. The van der Waals surface area contributed by atoms with Crippen LogP contribution < -0.4 is 0 Å². The third-order valence-corrected chi connectivity index (χ3v) is 3.16. The Bertz CT molecular complexity index is 550.